The summed E-state index contributed by atoms with van der Waals surface area (Å²) in [7, 11) is -3.39. The van der Waals surface area contributed by atoms with Gasteiger partial charge in [0, 0.05) is 56.8 Å². The van der Waals surface area contributed by atoms with Gasteiger partial charge in [0.25, 0.3) is 0 Å². The Morgan fingerprint density at radius 1 is 1.11 bits per heavy atom. The molecule has 14 heteroatoms. The first-order chi connectivity index (χ1) is 21.8. The average Bonchev–Trinajstić information content (AvgIpc) is 2.99. The molecule has 46 heavy (non-hydrogen) atoms. The first kappa shape index (κ1) is 35.1. The van der Waals surface area contributed by atoms with Gasteiger partial charge in [0.15, 0.2) is 9.84 Å². The smallest absolute Gasteiger partial charge is 0.322 e. The molecule has 1 aliphatic rings. The maximum atomic E-state index is 14.6. The van der Waals surface area contributed by atoms with Crippen molar-refractivity contribution in [1.82, 2.24) is 14.8 Å². The topological polar surface area (TPSA) is 135 Å². The zero-order valence-corrected chi connectivity index (χ0v) is 27.3. The summed E-state index contributed by atoms with van der Waals surface area (Å²) < 4.78 is 57.9. The zero-order chi connectivity index (χ0) is 33.4. The van der Waals surface area contributed by atoms with E-state index in [1.807, 2.05) is 6.07 Å². The number of likely N-dealkylation sites (tertiary alicyclic amines) is 1. The number of carbonyl (C=O) groups is 2. The normalized spacial score (nSPS) is 14.2. The SMILES string of the molecule is CCCCCN(C(=O)Nc1cc(CC(N)=O)c(F)cc1F)C1CCN(Cc2ccc(Oc3ccc(S(C)(=O)=O)cc3Cl)nc2)CC1. The van der Waals surface area contributed by atoms with E-state index in [1.165, 1.54) is 18.2 Å². The molecule has 0 spiro atoms. The van der Waals surface area contributed by atoms with Crippen LogP contribution in [0, 0.1) is 11.6 Å². The van der Waals surface area contributed by atoms with Gasteiger partial charge >= 0.3 is 6.03 Å². The number of piperidine rings is 1. The standard InChI is InChI=1S/C32H38ClF2N5O5S/c1-3-4-5-12-40(32(42)38-28-15-22(16-30(36)41)26(34)18-27(28)35)23-10-13-39(14-11-23)20-21-6-9-31(37-19-21)45-29-8-7-24(17-25(29)33)46(2,43)44/h6-9,15,17-19,23H,3-5,10-14,16,20H2,1-2H3,(H2,36,41)(H,38,42). The molecule has 3 N–H and O–H groups in total. The Kier molecular flexibility index (Phi) is 11.9. The fraction of sp³-hybridized carbons (Fsp3) is 0.406. The lowest BCUT2D eigenvalue weighted by atomic mass is 10.0. The summed E-state index contributed by atoms with van der Waals surface area (Å²) in [5, 5.41) is 2.74. The Labute approximate surface area is 272 Å². The summed E-state index contributed by atoms with van der Waals surface area (Å²) in [5.41, 5.74) is 5.85. The van der Waals surface area contributed by atoms with E-state index in [0.29, 0.717) is 37.9 Å². The van der Waals surface area contributed by atoms with Crippen LogP contribution in [0.5, 0.6) is 11.6 Å². The zero-order valence-electron chi connectivity index (χ0n) is 25.8. The second kappa shape index (κ2) is 15.7. The van der Waals surface area contributed by atoms with E-state index in [1.54, 1.807) is 17.2 Å². The van der Waals surface area contributed by atoms with Crippen molar-refractivity contribution >= 4 is 39.1 Å². The number of carbonyl (C=O) groups excluding carboxylic acids is 2. The lowest BCUT2D eigenvalue weighted by molar-refractivity contribution is -0.117. The molecule has 0 atom stereocenters. The van der Waals surface area contributed by atoms with Crippen LogP contribution in [0.2, 0.25) is 5.02 Å². The number of pyridine rings is 1. The lowest BCUT2D eigenvalue weighted by Gasteiger charge is -2.38. The number of halogens is 3. The van der Waals surface area contributed by atoms with Crippen molar-refractivity contribution in [3.8, 4) is 11.6 Å². The number of hydrogen-bond donors (Lipinski definition) is 2. The number of unbranched alkanes of at least 4 members (excludes halogenated alkanes) is 2. The summed E-state index contributed by atoms with van der Waals surface area (Å²) in [6, 6.07) is 9.07. The summed E-state index contributed by atoms with van der Waals surface area (Å²) >= 11 is 6.21. The molecule has 0 bridgehead atoms. The maximum Gasteiger partial charge on any atom is 0.322 e. The number of ether oxygens (including phenoxy) is 1. The minimum Gasteiger partial charge on any atom is -0.437 e. The van der Waals surface area contributed by atoms with Gasteiger partial charge in [0.05, 0.1) is 22.0 Å². The number of rotatable bonds is 13. The molecule has 0 saturated carbocycles. The number of aromatic nitrogens is 1. The molecule has 2 aromatic carbocycles. The van der Waals surface area contributed by atoms with Gasteiger partial charge in [0.1, 0.15) is 17.4 Å². The molecule has 2 heterocycles. The number of urea groups is 1. The van der Waals surface area contributed by atoms with E-state index < -0.39 is 39.8 Å². The van der Waals surface area contributed by atoms with E-state index in [4.69, 9.17) is 22.1 Å². The highest BCUT2D eigenvalue weighted by atomic mass is 35.5. The molecule has 0 unspecified atom stereocenters. The highest BCUT2D eigenvalue weighted by Gasteiger charge is 2.28. The van der Waals surface area contributed by atoms with E-state index in [2.05, 4.69) is 22.1 Å². The first-order valence-corrected chi connectivity index (χ1v) is 17.3. The van der Waals surface area contributed by atoms with Crippen LogP contribution in [0.4, 0.5) is 19.3 Å². The van der Waals surface area contributed by atoms with Gasteiger partial charge in [-0.15, -0.1) is 0 Å². The van der Waals surface area contributed by atoms with Crippen LogP contribution in [0.1, 0.15) is 50.2 Å². The monoisotopic (exact) mass is 677 g/mol. The summed E-state index contributed by atoms with van der Waals surface area (Å²) in [6.45, 7) is 4.63. The van der Waals surface area contributed by atoms with Gasteiger partial charge in [-0.3, -0.25) is 9.69 Å². The van der Waals surface area contributed by atoms with E-state index in [-0.39, 0.29) is 33.0 Å². The number of sulfone groups is 1. The van der Waals surface area contributed by atoms with Crippen molar-refractivity contribution in [2.24, 2.45) is 5.73 Å². The summed E-state index contributed by atoms with van der Waals surface area (Å²) in [5.74, 6) is -1.99. The molecule has 0 radical (unpaired) electrons. The number of hydrogen-bond acceptors (Lipinski definition) is 7. The van der Waals surface area contributed by atoms with Crippen LogP contribution in [0.3, 0.4) is 0 Å². The largest absolute Gasteiger partial charge is 0.437 e. The summed E-state index contributed by atoms with van der Waals surface area (Å²) in [6.07, 6.45) is 6.49. The maximum absolute atomic E-state index is 14.6. The highest BCUT2D eigenvalue weighted by molar-refractivity contribution is 7.90. The average molecular weight is 678 g/mol. The molecule has 1 fully saturated rings. The quantitative estimate of drug-likeness (QED) is 0.214. The van der Waals surface area contributed by atoms with E-state index in [9.17, 15) is 26.8 Å². The predicted octanol–water partition coefficient (Wildman–Crippen LogP) is 5.93. The fourth-order valence-corrected chi connectivity index (χ4v) is 6.23. The van der Waals surface area contributed by atoms with Crippen molar-refractivity contribution in [1.29, 1.82) is 0 Å². The molecule has 4 rings (SSSR count). The Hall–Kier alpha value is -3.81. The van der Waals surface area contributed by atoms with Crippen molar-refractivity contribution < 1.29 is 31.5 Å². The van der Waals surface area contributed by atoms with Crippen LogP contribution in [0.25, 0.3) is 0 Å². The van der Waals surface area contributed by atoms with Crippen LogP contribution < -0.4 is 15.8 Å². The van der Waals surface area contributed by atoms with Crippen LogP contribution in [-0.2, 0) is 27.6 Å². The van der Waals surface area contributed by atoms with E-state index in [0.717, 1.165) is 50.2 Å². The third-order valence-corrected chi connectivity index (χ3v) is 9.16. The van der Waals surface area contributed by atoms with Gasteiger partial charge in [-0.2, -0.15) is 0 Å². The third-order valence-electron chi connectivity index (χ3n) is 7.75. The van der Waals surface area contributed by atoms with Crippen LogP contribution >= 0.6 is 11.6 Å². The Morgan fingerprint density at radius 3 is 2.46 bits per heavy atom. The molecule has 0 aliphatic carbocycles. The Balaban J connectivity index is 1.35. The van der Waals surface area contributed by atoms with Crippen molar-refractivity contribution in [2.75, 3.05) is 31.2 Å². The minimum absolute atomic E-state index is 0.0746. The lowest BCUT2D eigenvalue weighted by Crippen LogP contribution is -2.49. The van der Waals surface area contributed by atoms with Gasteiger partial charge in [-0.25, -0.2) is 27.0 Å². The van der Waals surface area contributed by atoms with Crippen molar-refractivity contribution in [3.05, 3.63) is 76.4 Å². The molecule has 3 aromatic rings. The summed E-state index contributed by atoms with van der Waals surface area (Å²) in [4.78, 5) is 33.1. The number of benzene rings is 2. The first-order valence-electron chi connectivity index (χ1n) is 15.0. The van der Waals surface area contributed by atoms with Gasteiger partial charge < -0.3 is 20.7 Å². The van der Waals surface area contributed by atoms with Gasteiger partial charge in [-0.1, -0.05) is 37.4 Å². The second-order valence-corrected chi connectivity index (χ2v) is 13.8. The fourth-order valence-electron chi connectivity index (χ4n) is 5.30. The van der Waals surface area contributed by atoms with Crippen LogP contribution in [0.15, 0.2) is 53.6 Å². The number of nitrogens with zero attached hydrogens (tertiary/aromatic N) is 3. The highest BCUT2D eigenvalue weighted by Crippen LogP contribution is 2.31. The Bertz CT molecular complexity index is 1650. The number of amides is 3. The Morgan fingerprint density at radius 2 is 1.85 bits per heavy atom. The molecular weight excluding hydrogens is 640 g/mol. The molecule has 1 aromatic heterocycles. The molecule has 248 valence electrons. The number of nitrogens with one attached hydrogen (secondary N) is 1. The molecule has 10 nitrogen and oxygen atoms in total. The molecular formula is C32H38ClF2N5O5S. The minimum atomic E-state index is -3.39. The molecule has 3 amide bonds. The van der Waals surface area contributed by atoms with E-state index >= 15 is 0 Å². The molecule has 1 aliphatic heterocycles. The van der Waals surface area contributed by atoms with Gasteiger partial charge in [0.2, 0.25) is 11.8 Å². The third kappa shape index (κ3) is 9.60. The number of primary amides is 1. The second-order valence-electron chi connectivity index (χ2n) is 11.4. The number of anilines is 1. The van der Waals surface area contributed by atoms with Crippen molar-refractivity contribution in [3.63, 3.8) is 0 Å². The van der Waals surface area contributed by atoms with Gasteiger partial charge in [-0.05, 0) is 54.7 Å². The van der Waals surface area contributed by atoms with Crippen molar-refractivity contribution in [2.45, 2.75) is 62.9 Å². The van der Waals surface area contributed by atoms with Crippen LogP contribution in [-0.4, -0.2) is 67.1 Å². The predicted molar refractivity (Wildman–Crippen MR) is 172 cm³/mol. The number of nitrogens with two attached hydrogens (primary N) is 1. The molecule has 1 saturated heterocycles.